The van der Waals surface area contributed by atoms with Gasteiger partial charge in [-0.25, -0.2) is 0 Å². The van der Waals surface area contributed by atoms with E-state index in [2.05, 4.69) is 119 Å². The zero-order valence-electron chi connectivity index (χ0n) is 22.6. The van der Waals surface area contributed by atoms with Gasteiger partial charge in [-0.05, 0) is 45.5 Å². The Bertz CT molecular complexity index is 1030. The summed E-state index contributed by atoms with van der Waals surface area (Å²) in [7, 11) is -4.71. The van der Waals surface area contributed by atoms with Crippen molar-refractivity contribution in [3.05, 3.63) is 83.3 Å². The zero-order chi connectivity index (χ0) is 26.0. The first-order valence-corrected chi connectivity index (χ1v) is 17.3. The average Bonchev–Trinajstić information content (AvgIpc) is 3.16. The molecule has 1 unspecified atom stereocenters. The van der Waals surface area contributed by atoms with Gasteiger partial charge in [0.25, 0.3) is 8.32 Å². The molecule has 2 aromatic rings. The van der Waals surface area contributed by atoms with Crippen molar-refractivity contribution < 1.29 is 8.85 Å². The molecule has 0 spiro atoms. The molecule has 0 amide bonds. The van der Waals surface area contributed by atoms with Gasteiger partial charge in [-0.2, -0.15) is 0 Å². The molecule has 2 aromatic carbocycles. The molecule has 0 saturated heterocycles. The molecule has 3 rings (SSSR count). The quantitative estimate of drug-likeness (QED) is 0.127. The lowest BCUT2D eigenvalue weighted by Crippen LogP contribution is -2.67. The van der Waals surface area contributed by atoms with Crippen LogP contribution in [-0.2, 0) is 8.85 Å². The van der Waals surface area contributed by atoms with Gasteiger partial charge in [0.05, 0.1) is 11.6 Å². The Morgan fingerprint density at radius 1 is 0.914 bits per heavy atom. The van der Waals surface area contributed by atoms with Crippen LogP contribution >= 0.6 is 0 Å². The van der Waals surface area contributed by atoms with E-state index in [9.17, 15) is 5.53 Å². The van der Waals surface area contributed by atoms with Crippen LogP contribution in [0.5, 0.6) is 0 Å². The fraction of sp³-hybridized carbons (Fsp3) is 0.500. The van der Waals surface area contributed by atoms with Gasteiger partial charge < -0.3 is 8.85 Å². The molecule has 0 radical (unpaired) electrons. The molecule has 0 fully saturated rings. The number of hydrogen-bond donors (Lipinski definition) is 0. The van der Waals surface area contributed by atoms with Crippen molar-refractivity contribution in [1.82, 2.24) is 0 Å². The molecule has 0 N–H and O–H groups in total. The third kappa shape index (κ3) is 5.65. The van der Waals surface area contributed by atoms with Crippen LogP contribution in [0.3, 0.4) is 0 Å². The Balaban J connectivity index is 1.98. The largest absolute Gasteiger partial charge is 0.411 e. The van der Waals surface area contributed by atoms with Gasteiger partial charge >= 0.3 is 0 Å². The van der Waals surface area contributed by atoms with E-state index in [1.165, 1.54) is 10.4 Å². The molecule has 0 aliphatic heterocycles. The maximum Gasteiger partial charge on any atom is 0.261 e. The highest BCUT2D eigenvalue weighted by Crippen LogP contribution is 2.42. The van der Waals surface area contributed by atoms with Crippen LogP contribution in [0, 0.1) is 0 Å². The van der Waals surface area contributed by atoms with Crippen molar-refractivity contribution >= 4 is 27.0 Å². The Labute approximate surface area is 213 Å². The first-order valence-electron chi connectivity index (χ1n) is 12.4. The summed E-state index contributed by atoms with van der Waals surface area (Å²) in [6.07, 6.45) is 4.61. The van der Waals surface area contributed by atoms with Gasteiger partial charge in [-0.3, -0.25) is 0 Å². The second kappa shape index (κ2) is 10.1. The molecule has 2 atom stereocenters. The number of rotatable bonds is 8. The van der Waals surface area contributed by atoms with Crippen molar-refractivity contribution in [1.29, 1.82) is 0 Å². The van der Waals surface area contributed by atoms with E-state index in [4.69, 9.17) is 8.85 Å². The van der Waals surface area contributed by atoms with Crippen LogP contribution in [0.4, 0.5) is 0 Å². The van der Waals surface area contributed by atoms with E-state index in [1.54, 1.807) is 0 Å². The molecule has 188 valence electrons. The van der Waals surface area contributed by atoms with E-state index in [0.29, 0.717) is 13.0 Å². The fourth-order valence-corrected chi connectivity index (χ4v) is 10.6. The molecular weight excluding hydrogens is 466 g/mol. The summed E-state index contributed by atoms with van der Waals surface area (Å²) in [5.74, 6) is 0. The van der Waals surface area contributed by atoms with E-state index in [1.807, 2.05) is 18.2 Å². The standard InChI is InChI=1S/C28H41N3O2Si2/c1-26(2,3)34(7,8)33-23-19-20-28(21-23,30-31-29)22-32-35(27(4,5)6,24-15-11-9-12-16-24)25-17-13-10-14-18-25/h9-20,23H,21-22H2,1-8H3/t23?,28-/m0/s1. The first kappa shape index (κ1) is 27.4. The molecule has 5 nitrogen and oxygen atoms in total. The summed E-state index contributed by atoms with van der Waals surface area (Å²) in [4.78, 5) is 3.24. The van der Waals surface area contributed by atoms with Crippen molar-refractivity contribution in [2.45, 2.75) is 82.8 Å². The highest BCUT2D eigenvalue weighted by atomic mass is 28.4. The minimum atomic E-state index is -2.74. The number of nitrogens with zero attached hydrogens (tertiary/aromatic N) is 3. The van der Waals surface area contributed by atoms with Gasteiger partial charge in [-0.15, -0.1) is 0 Å². The highest BCUT2D eigenvalue weighted by molar-refractivity contribution is 6.99. The van der Waals surface area contributed by atoms with Gasteiger partial charge in [-0.1, -0.05) is 119 Å². The maximum atomic E-state index is 9.51. The van der Waals surface area contributed by atoms with Crippen molar-refractivity contribution in [3.8, 4) is 0 Å². The molecular formula is C28H41N3O2Si2. The normalized spacial score (nSPS) is 21.1. The highest BCUT2D eigenvalue weighted by Gasteiger charge is 2.52. The molecule has 7 heteroatoms. The maximum absolute atomic E-state index is 9.51. The Kier molecular flexibility index (Phi) is 7.89. The lowest BCUT2D eigenvalue weighted by Gasteiger charge is -2.44. The second-order valence-corrected chi connectivity index (χ2v) is 21.3. The van der Waals surface area contributed by atoms with Crippen molar-refractivity contribution in [2.24, 2.45) is 5.11 Å². The zero-order valence-corrected chi connectivity index (χ0v) is 24.6. The first-order chi connectivity index (χ1) is 16.3. The molecule has 1 aliphatic rings. The average molecular weight is 508 g/mol. The molecule has 0 saturated carbocycles. The smallest absolute Gasteiger partial charge is 0.261 e. The summed E-state index contributed by atoms with van der Waals surface area (Å²) in [5, 5.41) is 6.68. The summed E-state index contributed by atoms with van der Waals surface area (Å²) < 4.78 is 13.8. The topological polar surface area (TPSA) is 67.2 Å². The second-order valence-electron chi connectivity index (χ2n) is 12.2. The third-order valence-corrected chi connectivity index (χ3v) is 17.1. The van der Waals surface area contributed by atoms with Crippen molar-refractivity contribution in [3.63, 3.8) is 0 Å². The minimum Gasteiger partial charge on any atom is -0.411 e. The molecule has 1 aliphatic carbocycles. The van der Waals surface area contributed by atoms with E-state index < -0.39 is 22.2 Å². The summed E-state index contributed by atoms with van der Waals surface area (Å²) in [6, 6.07) is 21.1. The van der Waals surface area contributed by atoms with Gasteiger partial charge in [0.2, 0.25) is 0 Å². The lowest BCUT2D eigenvalue weighted by atomic mass is 10.0. The predicted molar refractivity (Wildman–Crippen MR) is 151 cm³/mol. The van der Waals surface area contributed by atoms with E-state index in [-0.39, 0.29) is 16.2 Å². The number of hydrogen-bond acceptors (Lipinski definition) is 3. The van der Waals surface area contributed by atoms with Gasteiger partial charge in [0.15, 0.2) is 8.32 Å². The minimum absolute atomic E-state index is 0.0795. The van der Waals surface area contributed by atoms with Crippen LogP contribution < -0.4 is 10.4 Å². The van der Waals surface area contributed by atoms with Crippen LogP contribution in [0.1, 0.15) is 48.0 Å². The fourth-order valence-electron chi connectivity index (χ4n) is 4.70. The Morgan fingerprint density at radius 3 is 1.86 bits per heavy atom. The lowest BCUT2D eigenvalue weighted by molar-refractivity contribution is 0.173. The third-order valence-electron chi connectivity index (χ3n) is 7.63. The van der Waals surface area contributed by atoms with Crippen molar-refractivity contribution in [2.75, 3.05) is 6.61 Å². The molecule has 0 aromatic heterocycles. The van der Waals surface area contributed by atoms with Crippen LogP contribution in [0.25, 0.3) is 10.4 Å². The van der Waals surface area contributed by atoms with Gasteiger partial charge in [0.1, 0.15) is 0 Å². The summed E-state index contributed by atoms with van der Waals surface area (Å²) >= 11 is 0. The van der Waals surface area contributed by atoms with E-state index in [0.717, 1.165) is 0 Å². The van der Waals surface area contributed by atoms with E-state index >= 15 is 0 Å². The van der Waals surface area contributed by atoms with Gasteiger partial charge in [0, 0.05) is 11.5 Å². The van der Waals surface area contributed by atoms with Crippen LogP contribution in [0.15, 0.2) is 77.9 Å². The predicted octanol–water partition coefficient (Wildman–Crippen LogP) is 6.96. The summed E-state index contributed by atoms with van der Waals surface area (Å²) in [6.45, 7) is 18.3. The Morgan fingerprint density at radius 2 is 1.43 bits per heavy atom. The monoisotopic (exact) mass is 507 g/mol. The number of azide groups is 1. The van der Waals surface area contributed by atoms with Crippen LogP contribution in [0.2, 0.25) is 23.2 Å². The Hall–Kier alpha value is -2.16. The SMILES string of the molecule is CC(C)(C)[Si](C)(C)OC1C=C[C@](CO[Si](c2ccccc2)(c2ccccc2)C(C)(C)C)(N=[N+]=[N-])C1. The molecule has 35 heavy (non-hydrogen) atoms. The summed E-state index contributed by atoms with van der Waals surface area (Å²) in [5.41, 5.74) is 8.74. The molecule has 0 heterocycles. The molecule has 0 bridgehead atoms. The van der Waals surface area contributed by atoms with Crippen LogP contribution in [-0.4, -0.2) is 34.9 Å². The number of benzene rings is 2.